The number of nitrogens with one attached hydrogen (secondary N) is 1. The minimum Gasteiger partial charge on any atom is -0.310 e. The Morgan fingerprint density at radius 2 is 2.14 bits per heavy atom. The molecule has 1 heterocycles. The Kier molecular flexibility index (Phi) is 5.58. The van der Waals surface area contributed by atoms with Gasteiger partial charge in [0, 0.05) is 25.7 Å². The van der Waals surface area contributed by atoms with Gasteiger partial charge in [-0.15, -0.1) is 0 Å². The average Bonchev–Trinajstić information content (AvgIpc) is 2.47. The number of aryl methyl sites for hydroxylation is 1. The van der Waals surface area contributed by atoms with Crippen LogP contribution in [-0.2, 0) is 16.6 Å². The van der Waals surface area contributed by atoms with Crippen LogP contribution in [0.25, 0.3) is 0 Å². The van der Waals surface area contributed by atoms with Crippen molar-refractivity contribution in [3.05, 3.63) is 35.1 Å². The highest BCUT2D eigenvalue weighted by molar-refractivity contribution is 7.88. The molecule has 0 aliphatic carbocycles. The molecule has 1 N–H and O–H groups in total. The van der Waals surface area contributed by atoms with Crippen molar-refractivity contribution in [2.75, 3.05) is 19.3 Å². The van der Waals surface area contributed by atoms with E-state index in [-0.39, 0.29) is 5.82 Å². The second-order valence-electron chi connectivity index (χ2n) is 6.15. The molecule has 6 heteroatoms. The summed E-state index contributed by atoms with van der Waals surface area (Å²) in [6, 6.07) is 5.44. The lowest BCUT2D eigenvalue weighted by Gasteiger charge is -2.37. The lowest BCUT2D eigenvalue weighted by atomic mass is 9.91. The molecule has 0 aromatic heterocycles. The lowest BCUT2D eigenvalue weighted by Crippen LogP contribution is -2.50. The van der Waals surface area contributed by atoms with Gasteiger partial charge < -0.3 is 5.32 Å². The first-order chi connectivity index (χ1) is 10.3. The van der Waals surface area contributed by atoms with E-state index in [1.807, 2.05) is 6.07 Å². The molecular weight excluding hydrogens is 303 g/mol. The Hall–Kier alpha value is -0.980. The first-order valence-corrected chi connectivity index (χ1v) is 9.59. The molecule has 4 nitrogen and oxygen atoms in total. The lowest BCUT2D eigenvalue weighted by molar-refractivity contribution is 0.202. The summed E-state index contributed by atoms with van der Waals surface area (Å²) in [7, 11) is -3.11. The summed E-state index contributed by atoms with van der Waals surface area (Å²) >= 11 is 0. The number of hydrogen-bond acceptors (Lipinski definition) is 3. The van der Waals surface area contributed by atoms with E-state index in [9.17, 15) is 12.8 Å². The number of piperidine rings is 1. The first kappa shape index (κ1) is 17.4. The normalized spacial score (nSPS) is 23.6. The predicted octanol–water partition coefficient (Wildman–Crippen LogP) is 2.28. The Balaban J connectivity index is 1.96. The van der Waals surface area contributed by atoms with Crippen LogP contribution in [0.2, 0.25) is 0 Å². The summed E-state index contributed by atoms with van der Waals surface area (Å²) in [5, 5.41) is 3.51. The van der Waals surface area contributed by atoms with Crippen molar-refractivity contribution in [2.45, 2.75) is 39.3 Å². The standard InChI is InChI=1S/C16H25FN2O2S/c1-4-14-11-19(22(3,20)21)8-7-16(14)18-10-13-5-6-15(17)12(2)9-13/h5-6,9,14,16,18H,4,7-8,10-11H2,1-3H3/t14-,16-/m0/s1. The molecule has 1 saturated heterocycles. The van der Waals surface area contributed by atoms with Crippen molar-refractivity contribution in [2.24, 2.45) is 5.92 Å². The van der Waals surface area contributed by atoms with E-state index in [2.05, 4.69) is 12.2 Å². The fourth-order valence-electron chi connectivity index (χ4n) is 3.05. The Labute approximate surface area is 132 Å². The summed E-state index contributed by atoms with van der Waals surface area (Å²) < 4.78 is 38.2. The summed E-state index contributed by atoms with van der Waals surface area (Å²) in [6.45, 7) is 5.68. The molecule has 0 bridgehead atoms. The van der Waals surface area contributed by atoms with Crippen LogP contribution in [0.15, 0.2) is 18.2 Å². The highest BCUT2D eigenvalue weighted by Crippen LogP contribution is 2.22. The number of nitrogens with zero attached hydrogens (tertiary/aromatic N) is 1. The molecule has 0 unspecified atom stereocenters. The summed E-state index contributed by atoms with van der Waals surface area (Å²) in [6.07, 6.45) is 3.02. The van der Waals surface area contributed by atoms with Gasteiger partial charge in [-0.1, -0.05) is 25.5 Å². The number of sulfonamides is 1. The summed E-state index contributed by atoms with van der Waals surface area (Å²) in [5.74, 6) is 0.127. The van der Waals surface area contributed by atoms with Crippen LogP contribution in [0.5, 0.6) is 0 Å². The van der Waals surface area contributed by atoms with E-state index in [1.165, 1.54) is 12.3 Å². The van der Waals surface area contributed by atoms with Crippen LogP contribution < -0.4 is 5.32 Å². The molecule has 0 radical (unpaired) electrons. The number of hydrogen-bond donors (Lipinski definition) is 1. The smallest absolute Gasteiger partial charge is 0.211 e. The van der Waals surface area contributed by atoms with Gasteiger partial charge in [-0.05, 0) is 36.5 Å². The van der Waals surface area contributed by atoms with E-state index in [4.69, 9.17) is 0 Å². The number of halogens is 1. The fraction of sp³-hybridized carbons (Fsp3) is 0.625. The molecule has 1 aliphatic heterocycles. The first-order valence-electron chi connectivity index (χ1n) is 7.74. The van der Waals surface area contributed by atoms with Crippen molar-refractivity contribution in [1.29, 1.82) is 0 Å². The van der Waals surface area contributed by atoms with Gasteiger partial charge in [-0.25, -0.2) is 17.1 Å². The topological polar surface area (TPSA) is 49.4 Å². The molecule has 2 atom stereocenters. The van der Waals surface area contributed by atoms with E-state index in [0.29, 0.717) is 37.2 Å². The third kappa shape index (κ3) is 4.27. The third-order valence-corrected chi connectivity index (χ3v) is 5.75. The Morgan fingerprint density at radius 1 is 1.41 bits per heavy atom. The van der Waals surface area contributed by atoms with Crippen molar-refractivity contribution >= 4 is 10.0 Å². The molecule has 1 fully saturated rings. The van der Waals surface area contributed by atoms with E-state index in [1.54, 1.807) is 17.3 Å². The minimum absolute atomic E-state index is 0.184. The SMILES string of the molecule is CC[C@H]1CN(S(C)(=O)=O)CC[C@@H]1NCc1ccc(F)c(C)c1. The van der Waals surface area contributed by atoms with Crippen molar-refractivity contribution < 1.29 is 12.8 Å². The molecule has 1 aromatic carbocycles. The second-order valence-corrected chi connectivity index (χ2v) is 8.13. The average molecular weight is 328 g/mol. The van der Waals surface area contributed by atoms with Crippen LogP contribution >= 0.6 is 0 Å². The van der Waals surface area contributed by atoms with Crippen molar-refractivity contribution in [1.82, 2.24) is 9.62 Å². The maximum absolute atomic E-state index is 13.3. The van der Waals surface area contributed by atoms with Crippen LogP contribution in [0.4, 0.5) is 4.39 Å². The van der Waals surface area contributed by atoms with Gasteiger partial charge in [0.2, 0.25) is 10.0 Å². The zero-order valence-corrected chi connectivity index (χ0v) is 14.3. The van der Waals surface area contributed by atoms with Gasteiger partial charge in [0.05, 0.1) is 6.26 Å². The number of rotatable bonds is 5. The maximum Gasteiger partial charge on any atom is 0.211 e. The summed E-state index contributed by atoms with van der Waals surface area (Å²) in [4.78, 5) is 0. The molecular formula is C16H25FN2O2S. The molecule has 0 amide bonds. The molecule has 1 aromatic rings. The van der Waals surface area contributed by atoms with Crippen LogP contribution in [-0.4, -0.2) is 38.1 Å². The zero-order chi connectivity index (χ0) is 16.3. The van der Waals surface area contributed by atoms with E-state index < -0.39 is 10.0 Å². The van der Waals surface area contributed by atoms with Gasteiger partial charge in [0.1, 0.15) is 5.82 Å². The van der Waals surface area contributed by atoms with Crippen LogP contribution in [0, 0.1) is 18.7 Å². The van der Waals surface area contributed by atoms with E-state index in [0.717, 1.165) is 18.4 Å². The van der Waals surface area contributed by atoms with Gasteiger partial charge in [-0.2, -0.15) is 0 Å². The number of benzene rings is 1. The van der Waals surface area contributed by atoms with E-state index >= 15 is 0 Å². The second kappa shape index (κ2) is 7.06. The molecule has 2 rings (SSSR count). The van der Waals surface area contributed by atoms with Crippen LogP contribution in [0.1, 0.15) is 30.9 Å². The molecule has 0 spiro atoms. The van der Waals surface area contributed by atoms with Gasteiger partial charge in [0.25, 0.3) is 0 Å². The fourth-order valence-corrected chi connectivity index (χ4v) is 3.95. The van der Waals surface area contributed by atoms with Crippen molar-refractivity contribution in [3.63, 3.8) is 0 Å². The summed E-state index contributed by atoms with van der Waals surface area (Å²) in [5.41, 5.74) is 1.71. The molecule has 124 valence electrons. The zero-order valence-electron chi connectivity index (χ0n) is 13.5. The van der Waals surface area contributed by atoms with Gasteiger partial charge >= 0.3 is 0 Å². The van der Waals surface area contributed by atoms with Gasteiger partial charge in [-0.3, -0.25) is 0 Å². The monoisotopic (exact) mass is 328 g/mol. The van der Waals surface area contributed by atoms with Crippen molar-refractivity contribution in [3.8, 4) is 0 Å². The highest BCUT2D eigenvalue weighted by Gasteiger charge is 2.31. The third-order valence-electron chi connectivity index (χ3n) is 4.48. The largest absolute Gasteiger partial charge is 0.310 e. The molecule has 0 saturated carbocycles. The quantitative estimate of drug-likeness (QED) is 0.902. The minimum atomic E-state index is -3.11. The predicted molar refractivity (Wildman–Crippen MR) is 86.6 cm³/mol. The maximum atomic E-state index is 13.3. The highest BCUT2D eigenvalue weighted by atomic mass is 32.2. The Morgan fingerprint density at radius 3 is 2.73 bits per heavy atom. The van der Waals surface area contributed by atoms with Crippen LogP contribution in [0.3, 0.4) is 0 Å². The molecule has 22 heavy (non-hydrogen) atoms. The van der Waals surface area contributed by atoms with Gasteiger partial charge in [0.15, 0.2) is 0 Å². The molecule has 1 aliphatic rings. The Bertz CT molecular complexity index is 619.